The highest BCUT2D eigenvalue weighted by atomic mass is 14.9. The maximum atomic E-state index is 2.43. The zero-order chi connectivity index (χ0) is 20.2. The van der Waals surface area contributed by atoms with Crippen molar-refractivity contribution < 1.29 is 4.57 Å². The normalized spacial score (nSPS) is 18.2. The molecule has 1 heteroatoms. The highest BCUT2D eigenvalue weighted by Crippen LogP contribution is 2.47. The van der Waals surface area contributed by atoms with E-state index in [1.807, 2.05) is 0 Å². The summed E-state index contributed by atoms with van der Waals surface area (Å²) in [4.78, 5) is 0. The molecule has 150 valence electrons. The molecule has 1 saturated carbocycles. The van der Waals surface area contributed by atoms with E-state index in [1.54, 1.807) is 11.1 Å². The molecule has 0 radical (unpaired) electrons. The van der Waals surface area contributed by atoms with Crippen LogP contribution >= 0.6 is 0 Å². The van der Waals surface area contributed by atoms with E-state index in [9.17, 15) is 0 Å². The summed E-state index contributed by atoms with van der Waals surface area (Å²) in [5.74, 6) is 0. The van der Waals surface area contributed by atoms with E-state index in [4.69, 9.17) is 0 Å². The first-order valence-electron chi connectivity index (χ1n) is 11.5. The second-order valence-electron chi connectivity index (χ2n) is 9.91. The fourth-order valence-electron chi connectivity index (χ4n) is 6.19. The molecule has 1 aromatic heterocycles. The van der Waals surface area contributed by atoms with Gasteiger partial charge >= 0.3 is 0 Å². The first-order valence-corrected chi connectivity index (χ1v) is 11.5. The summed E-state index contributed by atoms with van der Waals surface area (Å²) in [6.07, 6.45) is 11.2. The van der Waals surface area contributed by atoms with Crippen LogP contribution in [0, 0.1) is 26.2 Å². The first-order chi connectivity index (χ1) is 14.0. The van der Waals surface area contributed by atoms with Crippen LogP contribution in [0.1, 0.15) is 66.3 Å². The van der Waals surface area contributed by atoms with Crippen molar-refractivity contribution in [3.05, 3.63) is 64.2 Å². The van der Waals surface area contributed by atoms with Gasteiger partial charge in [-0.25, -0.2) is 0 Å². The fourth-order valence-corrected chi connectivity index (χ4v) is 6.19. The highest BCUT2D eigenvalue weighted by Gasteiger charge is 2.36. The molecule has 0 saturated heterocycles. The van der Waals surface area contributed by atoms with Crippen molar-refractivity contribution in [1.29, 1.82) is 0 Å². The maximum Gasteiger partial charge on any atom is 0.213 e. The topological polar surface area (TPSA) is 3.88 Å². The molecular weight excluding hydrogens is 350 g/mol. The minimum atomic E-state index is 0.584. The van der Waals surface area contributed by atoms with Gasteiger partial charge in [0.15, 0.2) is 0 Å². The van der Waals surface area contributed by atoms with Crippen LogP contribution in [0.25, 0.3) is 22.2 Å². The second-order valence-corrected chi connectivity index (χ2v) is 9.91. The zero-order valence-corrected chi connectivity index (χ0v) is 18.6. The van der Waals surface area contributed by atoms with Crippen LogP contribution in [0.15, 0.2) is 36.4 Å². The summed E-state index contributed by atoms with van der Waals surface area (Å²) in [5, 5.41) is 1.49. The van der Waals surface area contributed by atoms with Crippen molar-refractivity contribution in [2.75, 3.05) is 0 Å². The molecular formula is C28H34N+. The smallest absolute Gasteiger partial charge is 0.194 e. The Kier molecular flexibility index (Phi) is 4.53. The highest BCUT2D eigenvalue weighted by molar-refractivity contribution is 5.83. The molecule has 0 N–H and O–H groups in total. The van der Waals surface area contributed by atoms with Crippen LogP contribution in [0.3, 0.4) is 0 Å². The largest absolute Gasteiger partial charge is 0.213 e. The minimum Gasteiger partial charge on any atom is -0.194 e. The van der Waals surface area contributed by atoms with E-state index in [1.165, 1.54) is 90.2 Å². The number of rotatable bonds is 1. The van der Waals surface area contributed by atoms with Gasteiger partial charge in [-0.05, 0) is 92.7 Å². The van der Waals surface area contributed by atoms with Crippen molar-refractivity contribution in [3.8, 4) is 11.3 Å². The van der Waals surface area contributed by atoms with Gasteiger partial charge in [-0.15, -0.1) is 0 Å². The van der Waals surface area contributed by atoms with Crippen molar-refractivity contribution in [2.24, 2.45) is 12.5 Å². The molecule has 1 fully saturated rings. The van der Waals surface area contributed by atoms with Crippen molar-refractivity contribution >= 4 is 10.9 Å². The Balaban J connectivity index is 1.65. The average molecular weight is 385 g/mol. The molecule has 5 rings (SSSR count). The van der Waals surface area contributed by atoms with E-state index in [-0.39, 0.29) is 0 Å². The predicted molar refractivity (Wildman–Crippen MR) is 122 cm³/mol. The lowest BCUT2D eigenvalue weighted by atomic mass is 9.63. The van der Waals surface area contributed by atoms with E-state index in [0.29, 0.717) is 5.41 Å². The molecule has 2 aliphatic rings. The van der Waals surface area contributed by atoms with Crippen LogP contribution in [0.2, 0.25) is 0 Å². The summed E-state index contributed by atoms with van der Waals surface area (Å²) >= 11 is 0. The molecule has 1 spiro atoms. The number of fused-ring (bicyclic) bond motifs is 3. The average Bonchev–Trinajstić information content (AvgIpc) is 2.72. The lowest BCUT2D eigenvalue weighted by molar-refractivity contribution is -0.633. The van der Waals surface area contributed by atoms with Gasteiger partial charge in [0.25, 0.3) is 0 Å². The van der Waals surface area contributed by atoms with Crippen LogP contribution < -0.4 is 4.57 Å². The third kappa shape index (κ3) is 3.10. The molecule has 0 atom stereocenters. The lowest BCUT2D eigenvalue weighted by Gasteiger charge is -2.41. The molecule has 0 amide bonds. The Labute approximate surface area is 175 Å². The summed E-state index contributed by atoms with van der Waals surface area (Å²) in [7, 11) is 2.25. The van der Waals surface area contributed by atoms with Gasteiger partial charge in [-0.3, -0.25) is 0 Å². The molecule has 2 aromatic carbocycles. The van der Waals surface area contributed by atoms with E-state index < -0.39 is 0 Å². The Morgan fingerprint density at radius 3 is 2.45 bits per heavy atom. The Bertz CT molecular complexity index is 1100. The number of nitrogens with zero attached hydrogens (tertiary/aromatic N) is 1. The minimum absolute atomic E-state index is 0.584. The van der Waals surface area contributed by atoms with Crippen molar-refractivity contribution in [1.82, 2.24) is 0 Å². The quantitative estimate of drug-likeness (QED) is 0.411. The standard InChI is InChI=1S/C28H34N/c1-19-16-20(2)21(3)24(17-19)27-11-9-23-25-18-28(13-6-5-7-14-28)15-12-22(25)8-10-26(23)29(27)4/h8-11,16-17H,5-7,12-15,18H2,1-4H3/q+1. The predicted octanol–water partition coefficient (Wildman–Crippen LogP) is 6.70. The van der Waals surface area contributed by atoms with Crippen molar-refractivity contribution in [3.63, 3.8) is 0 Å². The maximum absolute atomic E-state index is 2.43. The summed E-state index contributed by atoms with van der Waals surface area (Å²) in [5.41, 5.74) is 12.0. The number of pyridine rings is 1. The number of hydrogen-bond donors (Lipinski definition) is 0. The molecule has 2 aliphatic carbocycles. The Morgan fingerprint density at radius 1 is 0.862 bits per heavy atom. The van der Waals surface area contributed by atoms with E-state index in [2.05, 4.69) is 68.8 Å². The number of aromatic nitrogens is 1. The van der Waals surface area contributed by atoms with E-state index >= 15 is 0 Å². The van der Waals surface area contributed by atoms with Gasteiger partial charge < -0.3 is 0 Å². The van der Waals surface area contributed by atoms with Crippen LogP contribution in [-0.4, -0.2) is 0 Å². The SMILES string of the molecule is Cc1cc(C)c(C)c(-c2ccc3c4c(ccc3[n+]2C)CCC2(CCCCC2)C4)c1. The molecule has 29 heavy (non-hydrogen) atoms. The molecule has 1 heterocycles. The summed E-state index contributed by atoms with van der Waals surface area (Å²) < 4.78 is 2.43. The molecule has 0 aliphatic heterocycles. The van der Waals surface area contributed by atoms with Crippen LogP contribution in [0.4, 0.5) is 0 Å². The number of hydrogen-bond acceptors (Lipinski definition) is 0. The molecule has 1 nitrogen and oxygen atoms in total. The Hall–Kier alpha value is -2.15. The van der Waals surface area contributed by atoms with E-state index in [0.717, 1.165) is 0 Å². The monoisotopic (exact) mass is 384 g/mol. The first kappa shape index (κ1) is 18.9. The van der Waals surface area contributed by atoms with Gasteiger partial charge in [0.05, 0.1) is 0 Å². The van der Waals surface area contributed by atoms with Crippen LogP contribution in [0.5, 0.6) is 0 Å². The van der Waals surface area contributed by atoms with Gasteiger partial charge in [-0.2, -0.15) is 4.57 Å². The number of aryl methyl sites for hydroxylation is 4. The molecule has 3 aromatic rings. The van der Waals surface area contributed by atoms with Gasteiger partial charge in [0.1, 0.15) is 7.05 Å². The third-order valence-corrected chi connectivity index (χ3v) is 8.04. The summed E-state index contributed by atoms with van der Waals surface area (Å²) in [6.45, 7) is 6.69. The van der Waals surface area contributed by atoms with Gasteiger partial charge in [0, 0.05) is 23.1 Å². The zero-order valence-electron chi connectivity index (χ0n) is 18.6. The second kappa shape index (κ2) is 6.97. The summed E-state index contributed by atoms with van der Waals surface area (Å²) in [6, 6.07) is 14.2. The molecule has 0 bridgehead atoms. The number of benzene rings is 2. The van der Waals surface area contributed by atoms with Crippen molar-refractivity contribution in [2.45, 2.75) is 72.1 Å². The fraction of sp³-hybridized carbons (Fsp3) is 0.464. The third-order valence-electron chi connectivity index (χ3n) is 8.04. The Morgan fingerprint density at radius 2 is 1.66 bits per heavy atom. The van der Waals surface area contributed by atoms with Gasteiger partial charge in [-0.1, -0.05) is 37.0 Å². The van der Waals surface area contributed by atoms with Gasteiger partial charge in [0.2, 0.25) is 11.2 Å². The van der Waals surface area contributed by atoms with Crippen LogP contribution in [-0.2, 0) is 19.9 Å². The molecule has 0 unspecified atom stereocenters. The lowest BCUT2D eigenvalue weighted by Crippen LogP contribution is -2.34.